The predicted molar refractivity (Wildman–Crippen MR) is 209 cm³/mol. The number of methoxy groups -OCH3 is 8. The number of esters is 2. The summed E-state index contributed by atoms with van der Waals surface area (Å²) in [6.45, 7) is 0. The van der Waals surface area contributed by atoms with Crippen molar-refractivity contribution in [1.82, 2.24) is 10.9 Å². The molecule has 0 aliphatic rings. The van der Waals surface area contributed by atoms with Crippen LogP contribution in [0.4, 0.5) is 0 Å². The van der Waals surface area contributed by atoms with Crippen molar-refractivity contribution < 1.29 is 66.5 Å². The number of hydrazone groups is 2. The van der Waals surface area contributed by atoms with E-state index in [-0.39, 0.29) is 70.0 Å². The standard InChI is InChI=1S/C40H42N4O14/c1-49-29-15-23(9-11-27(29)57-39(47)25-17-31(51-3)37(55-7)32(18-25)52-4)21-41-43-35(45)13-14-36(46)44-42-22-24-10-12-28(30(16-24)50-2)58-40(48)26-19-33(53-5)38(56-8)34(20-26)54-6/h9-12,15-22H,13-14H2,1-8H3,(H,43,45)(H,44,46)/b41-21+,42-22+. The normalized spacial score (nSPS) is 10.7. The quantitative estimate of drug-likeness (QED) is 0.0576. The maximum Gasteiger partial charge on any atom is 0.343 e. The van der Waals surface area contributed by atoms with E-state index in [1.807, 2.05) is 0 Å². The maximum atomic E-state index is 13.0. The van der Waals surface area contributed by atoms with E-state index in [2.05, 4.69) is 21.1 Å². The van der Waals surface area contributed by atoms with Gasteiger partial charge in [0.2, 0.25) is 23.3 Å². The van der Waals surface area contributed by atoms with E-state index in [1.54, 1.807) is 24.3 Å². The molecule has 4 aromatic carbocycles. The lowest BCUT2D eigenvalue weighted by Gasteiger charge is -2.14. The molecule has 0 aliphatic carbocycles. The summed E-state index contributed by atoms with van der Waals surface area (Å²) in [6, 6.07) is 15.1. The van der Waals surface area contributed by atoms with Gasteiger partial charge in [-0.1, -0.05) is 0 Å². The van der Waals surface area contributed by atoms with Gasteiger partial charge in [0.1, 0.15) is 0 Å². The van der Waals surface area contributed by atoms with Crippen molar-refractivity contribution in [3.8, 4) is 57.5 Å². The molecule has 4 aromatic rings. The molecule has 0 aromatic heterocycles. The van der Waals surface area contributed by atoms with E-state index in [4.69, 9.17) is 47.4 Å². The van der Waals surface area contributed by atoms with E-state index >= 15 is 0 Å². The van der Waals surface area contributed by atoms with E-state index < -0.39 is 23.8 Å². The Morgan fingerprint density at radius 2 is 0.776 bits per heavy atom. The van der Waals surface area contributed by atoms with E-state index in [0.29, 0.717) is 22.6 Å². The number of nitrogens with zero attached hydrogens (tertiary/aromatic N) is 2. The third kappa shape index (κ3) is 11.1. The molecule has 306 valence electrons. The highest BCUT2D eigenvalue weighted by Gasteiger charge is 2.21. The molecular formula is C40H42N4O14. The minimum absolute atomic E-state index is 0.127. The first-order valence-electron chi connectivity index (χ1n) is 17.1. The molecule has 0 saturated heterocycles. The van der Waals surface area contributed by atoms with Gasteiger partial charge in [0.05, 0.1) is 80.4 Å². The second kappa shape index (κ2) is 21.0. The fourth-order valence-electron chi connectivity index (χ4n) is 5.11. The fourth-order valence-corrected chi connectivity index (χ4v) is 5.11. The van der Waals surface area contributed by atoms with Crippen LogP contribution >= 0.6 is 0 Å². The molecular weight excluding hydrogens is 760 g/mol. The van der Waals surface area contributed by atoms with Gasteiger partial charge in [0, 0.05) is 12.8 Å². The Balaban J connectivity index is 1.26. The molecule has 0 fully saturated rings. The molecule has 0 saturated carbocycles. The zero-order chi connectivity index (χ0) is 42.2. The summed E-state index contributed by atoms with van der Waals surface area (Å²) in [5.74, 6) is -0.000637. The molecule has 0 unspecified atom stereocenters. The van der Waals surface area contributed by atoms with Gasteiger partial charge in [0.15, 0.2) is 46.0 Å². The highest BCUT2D eigenvalue weighted by Crippen LogP contribution is 2.40. The molecule has 18 heteroatoms. The summed E-state index contributed by atoms with van der Waals surface area (Å²) in [4.78, 5) is 50.6. The Morgan fingerprint density at radius 1 is 0.448 bits per heavy atom. The van der Waals surface area contributed by atoms with Crippen LogP contribution in [-0.4, -0.2) is 93.1 Å². The Labute approximate surface area is 333 Å². The summed E-state index contributed by atoms with van der Waals surface area (Å²) in [6.07, 6.45) is 2.34. The number of amides is 2. The van der Waals surface area contributed by atoms with Gasteiger partial charge in [-0.25, -0.2) is 20.4 Å². The predicted octanol–water partition coefficient (Wildman–Crippen LogP) is 4.57. The van der Waals surface area contributed by atoms with Gasteiger partial charge in [0.25, 0.3) is 0 Å². The van der Waals surface area contributed by atoms with Gasteiger partial charge in [-0.05, 0) is 71.8 Å². The van der Waals surface area contributed by atoms with Crippen molar-refractivity contribution in [3.63, 3.8) is 0 Å². The van der Waals surface area contributed by atoms with Crippen LogP contribution in [0.2, 0.25) is 0 Å². The van der Waals surface area contributed by atoms with Crippen LogP contribution in [0.25, 0.3) is 0 Å². The van der Waals surface area contributed by atoms with Crippen molar-refractivity contribution in [2.24, 2.45) is 10.2 Å². The lowest BCUT2D eigenvalue weighted by atomic mass is 10.1. The van der Waals surface area contributed by atoms with Crippen LogP contribution in [0.5, 0.6) is 57.5 Å². The Bertz CT molecular complexity index is 1980. The first-order valence-corrected chi connectivity index (χ1v) is 17.1. The largest absolute Gasteiger partial charge is 0.493 e. The summed E-state index contributed by atoms with van der Waals surface area (Å²) in [5, 5.41) is 7.84. The number of rotatable bonds is 19. The molecule has 58 heavy (non-hydrogen) atoms. The van der Waals surface area contributed by atoms with Crippen LogP contribution in [0.3, 0.4) is 0 Å². The molecule has 4 rings (SSSR count). The molecule has 0 atom stereocenters. The van der Waals surface area contributed by atoms with Gasteiger partial charge in [-0.3, -0.25) is 9.59 Å². The lowest BCUT2D eigenvalue weighted by molar-refractivity contribution is -0.126. The number of carbonyl (C=O) groups is 4. The van der Waals surface area contributed by atoms with Gasteiger partial charge in [-0.15, -0.1) is 0 Å². The van der Waals surface area contributed by atoms with Crippen LogP contribution in [-0.2, 0) is 9.59 Å². The average Bonchev–Trinajstić information content (AvgIpc) is 3.25. The monoisotopic (exact) mass is 802 g/mol. The van der Waals surface area contributed by atoms with Crippen molar-refractivity contribution in [2.45, 2.75) is 12.8 Å². The maximum absolute atomic E-state index is 13.0. The van der Waals surface area contributed by atoms with Crippen LogP contribution in [0.1, 0.15) is 44.7 Å². The number of ether oxygens (including phenoxy) is 10. The van der Waals surface area contributed by atoms with Gasteiger partial charge in [-0.2, -0.15) is 10.2 Å². The third-order valence-electron chi connectivity index (χ3n) is 7.97. The average molecular weight is 803 g/mol. The molecule has 18 nitrogen and oxygen atoms in total. The zero-order valence-corrected chi connectivity index (χ0v) is 33.0. The zero-order valence-electron chi connectivity index (χ0n) is 33.0. The Morgan fingerprint density at radius 3 is 1.07 bits per heavy atom. The first-order chi connectivity index (χ1) is 28.0. The van der Waals surface area contributed by atoms with Crippen LogP contribution in [0, 0.1) is 0 Å². The number of nitrogens with one attached hydrogen (secondary N) is 2. The molecule has 0 bridgehead atoms. The molecule has 0 spiro atoms. The summed E-state index contributed by atoms with van der Waals surface area (Å²) < 4.78 is 53.7. The number of carbonyl (C=O) groups excluding carboxylic acids is 4. The Kier molecular flexibility index (Phi) is 15.6. The minimum atomic E-state index is -0.703. The topological polar surface area (TPSA) is 209 Å². The summed E-state index contributed by atoms with van der Waals surface area (Å²) in [5.41, 5.74) is 6.01. The van der Waals surface area contributed by atoms with Gasteiger partial charge < -0.3 is 47.4 Å². The Hall–Kier alpha value is -7.50. The second-order valence-corrected chi connectivity index (χ2v) is 11.5. The summed E-state index contributed by atoms with van der Waals surface area (Å²) >= 11 is 0. The smallest absolute Gasteiger partial charge is 0.343 e. The minimum Gasteiger partial charge on any atom is -0.493 e. The molecule has 0 heterocycles. The van der Waals surface area contributed by atoms with Crippen molar-refractivity contribution in [3.05, 3.63) is 82.9 Å². The number of hydrogen-bond donors (Lipinski definition) is 2. The van der Waals surface area contributed by atoms with Crippen LogP contribution < -0.4 is 58.2 Å². The number of benzene rings is 4. The van der Waals surface area contributed by atoms with Gasteiger partial charge >= 0.3 is 11.9 Å². The molecule has 2 N–H and O–H groups in total. The highest BCUT2D eigenvalue weighted by molar-refractivity contribution is 5.94. The van der Waals surface area contributed by atoms with Crippen molar-refractivity contribution in [2.75, 3.05) is 56.9 Å². The highest BCUT2D eigenvalue weighted by atomic mass is 16.6. The first kappa shape index (κ1) is 43.2. The molecule has 2 amide bonds. The van der Waals surface area contributed by atoms with Crippen molar-refractivity contribution in [1.29, 1.82) is 0 Å². The lowest BCUT2D eigenvalue weighted by Crippen LogP contribution is -2.22. The summed E-state index contributed by atoms with van der Waals surface area (Å²) in [7, 11) is 11.4. The van der Waals surface area contributed by atoms with Crippen LogP contribution in [0.15, 0.2) is 70.9 Å². The fraction of sp³-hybridized carbons (Fsp3) is 0.250. The van der Waals surface area contributed by atoms with E-state index in [0.717, 1.165) is 0 Å². The second-order valence-electron chi connectivity index (χ2n) is 11.5. The SMILES string of the molecule is COc1cc(/C=N/NC(=O)CCC(=O)N/N=C/c2ccc(OC(=O)c3cc(OC)c(OC)c(OC)c3)c(OC)c2)ccc1OC(=O)c1cc(OC)c(OC)c(OC)c1. The molecule has 0 aliphatic heterocycles. The molecule has 0 radical (unpaired) electrons. The van der Waals surface area contributed by atoms with E-state index in [9.17, 15) is 19.2 Å². The number of hydrogen-bond acceptors (Lipinski definition) is 16. The van der Waals surface area contributed by atoms with Crippen molar-refractivity contribution >= 4 is 36.2 Å². The third-order valence-corrected chi connectivity index (χ3v) is 7.97. The van der Waals surface area contributed by atoms with E-state index in [1.165, 1.54) is 106 Å².